The highest BCUT2D eigenvalue weighted by Crippen LogP contribution is 2.21. The number of nitrogens with one attached hydrogen (secondary N) is 1. The van der Waals surface area contributed by atoms with Gasteiger partial charge in [-0.25, -0.2) is 0 Å². The van der Waals surface area contributed by atoms with Crippen molar-refractivity contribution in [3.05, 3.63) is 46.4 Å². The molecule has 5 heteroatoms. The van der Waals surface area contributed by atoms with Crippen LogP contribution < -0.4 is 5.56 Å². The molecule has 5 nitrogen and oxygen atoms in total. The number of β-amino-alcohol motifs (C(OH)–C–C–N with tert-alkyl or cyclic N) is 1. The molecule has 1 aliphatic rings. The van der Waals surface area contributed by atoms with Gasteiger partial charge in [-0.05, 0) is 37.3 Å². The highest BCUT2D eigenvalue weighted by molar-refractivity contribution is 5.96. The summed E-state index contributed by atoms with van der Waals surface area (Å²) in [4.78, 5) is 28.8. The summed E-state index contributed by atoms with van der Waals surface area (Å²) in [6.45, 7) is 2.63. The number of likely N-dealkylation sites (tertiary alicyclic amines) is 1. The molecule has 0 bridgehead atoms. The Kier molecular flexibility index (Phi) is 3.29. The molecular formula is C16H18N2O3. The number of carbonyl (C=O) groups excluding carboxylic acids is 1. The predicted octanol–water partition coefficient (Wildman–Crippen LogP) is 1.52. The van der Waals surface area contributed by atoms with Crippen molar-refractivity contribution in [3.8, 4) is 0 Å². The van der Waals surface area contributed by atoms with Crippen molar-refractivity contribution < 1.29 is 9.90 Å². The molecule has 1 saturated heterocycles. The number of aromatic nitrogens is 1. The van der Waals surface area contributed by atoms with Crippen molar-refractivity contribution in [2.45, 2.75) is 25.4 Å². The van der Waals surface area contributed by atoms with Crippen molar-refractivity contribution in [2.24, 2.45) is 0 Å². The Bertz CT molecular complexity index is 749. The van der Waals surface area contributed by atoms with E-state index in [1.807, 2.05) is 12.1 Å². The Balaban J connectivity index is 1.96. The lowest BCUT2D eigenvalue weighted by molar-refractivity contribution is -0.0109. The third kappa shape index (κ3) is 2.69. The number of H-pyrrole nitrogens is 1. The van der Waals surface area contributed by atoms with Gasteiger partial charge in [-0.2, -0.15) is 0 Å². The van der Waals surface area contributed by atoms with Crippen LogP contribution in [0.1, 0.15) is 30.3 Å². The van der Waals surface area contributed by atoms with Crippen LogP contribution in [0.5, 0.6) is 0 Å². The fourth-order valence-electron chi connectivity index (χ4n) is 2.89. The van der Waals surface area contributed by atoms with E-state index >= 15 is 0 Å². The third-order valence-electron chi connectivity index (χ3n) is 3.95. The van der Waals surface area contributed by atoms with Crippen molar-refractivity contribution in [2.75, 3.05) is 13.1 Å². The van der Waals surface area contributed by atoms with Crippen LogP contribution in [0.3, 0.4) is 0 Å². The first-order valence-electron chi connectivity index (χ1n) is 7.10. The Morgan fingerprint density at radius 3 is 2.90 bits per heavy atom. The molecule has 0 aliphatic carbocycles. The number of carbonyl (C=O) groups is 1. The maximum Gasteiger partial charge on any atom is 0.270 e. The molecule has 2 aromatic rings. The van der Waals surface area contributed by atoms with Gasteiger partial charge in [0.25, 0.3) is 11.5 Å². The zero-order chi connectivity index (χ0) is 15.0. The molecule has 0 saturated carbocycles. The van der Waals surface area contributed by atoms with Gasteiger partial charge in [0.15, 0.2) is 0 Å². The highest BCUT2D eigenvalue weighted by atomic mass is 16.3. The first kappa shape index (κ1) is 13.8. The zero-order valence-electron chi connectivity index (χ0n) is 11.9. The van der Waals surface area contributed by atoms with Crippen molar-refractivity contribution in [1.29, 1.82) is 0 Å². The molecule has 0 radical (unpaired) electrons. The molecule has 1 aromatic carbocycles. The molecule has 110 valence electrons. The van der Waals surface area contributed by atoms with Crippen LogP contribution in [0.2, 0.25) is 0 Å². The van der Waals surface area contributed by atoms with Crippen LogP contribution in [-0.2, 0) is 0 Å². The molecule has 1 amide bonds. The summed E-state index contributed by atoms with van der Waals surface area (Å²) in [6.07, 6.45) is 1.45. The largest absolute Gasteiger partial charge is 0.388 e. The van der Waals surface area contributed by atoms with E-state index in [9.17, 15) is 14.7 Å². The summed E-state index contributed by atoms with van der Waals surface area (Å²) in [6, 6.07) is 8.87. The van der Waals surface area contributed by atoms with Crippen LogP contribution in [0.15, 0.2) is 35.1 Å². The lowest BCUT2D eigenvalue weighted by atomic mass is 9.95. The molecular weight excluding hydrogens is 268 g/mol. The highest BCUT2D eigenvalue weighted by Gasteiger charge is 2.31. The third-order valence-corrected chi connectivity index (χ3v) is 3.95. The van der Waals surface area contributed by atoms with E-state index in [4.69, 9.17) is 0 Å². The quantitative estimate of drug-likeness (QED) is 0.834. The van der Waals surface area contributed by atoms with E-state index in [0.29, 0.717) is 24.9 Å². The SMILES string of the molecule is CC1(O)CCCN(C(=O)c2cc3ccccc3c(=O)[nH]2)C1. The van der Waals surface area contributed by atoms with Gasteiger partial charge in [0.2, 0.25) is 0 Å². The van der Waals surface area contributed by atoms with E-state index < -0.39 is 5.60 Å². The van der Waals surface area contributed by atoms with Gasteiger partial charge >= 0.3 is 0 Å². The molecule has 0 spiro atoms. The number of aliphatic hydroxyl groups is 1. The fourth-order valence-corrected chi connectivity index (χ4v) is 2.89. The molecule has 2 N–H and O–H groups in total. The van der Waals surface area contributed by atoms with Gasteiger partial charge < -0.3 is 15.0 Å². The standard InChI is InChI=1S/C16H18N2O3/c1-16(21)7-4-8-18(10-16)15(20)13-9-11-5-2-3-6-12(11)14(19)17-13/h2-3,5-6,9,21H,4,7-8,10H2,1H3,(H,17,19). The summed E-state index contributed by atoms with van der Waals surface area (Å²) in [5.41, 5.74) is -0.845. The van der Waals surface area contributed by atoms with Gasteiger partial charge in [-0.3, -0.25) is 9.59 Å². The lowest BCUT2D eigenvalue weighted by Crippen LogP contribution is -2.48. The van der Waals surface area contributed by atoms with Gasteiger partial charge in [-0.1, -0.05) is 18.2 Å². The number of nitrogens with zero attached hydrogens (tertiary/aromatic N) is 1. The zero-order valence-corrected chi connectivity index (χ0v) is 11.9. The van der Waals surface area contributed by atoms with E-state index in [1.165, 1.54) is 0 Å². The summed E-state index contributed by atoms with van der Waals surface area (Å²) in [5, 5.41) is 11.4. The summed E-state index contributed by atoms with van der Waals surface area (Å²) in [5.74, 6) is -0.238. The number of hydrogen-bond acceptors (Lipinski definition) is 3. The van der Waals surface area contributed by atoms with Crippen molar-refractivity contribution >= 4 is 16.7 Å². The van der Waals surface area contributed by atoms with Gasteiger partial charge in [0.05, 0.1) is 5.60 Å². The lowest BCUT2D eigenvalue weighted by Gasteiger charge is -2.36. The Morgan fingerprint density at radius 2 is 2.14 bits per heavy atom. The minimum Gasteiger partial charge on any atom is -0.388 e. The number of amides is 1. The summed E-state index contributed by atoms with van der Waals surface area (Å²) in [7, 11) is 0. The molecule has 1 atom stereocenters. The molecule has 21 heavy (non-hydrogen) atoms. The monoisotopic (exact) mass is 286 g/mol. The van der Waals surface area contributed by atoms with Gasteiger partial charge in [0, 0.05) is 18.5 Å². The number of fused-ring (bicyclic) bond motifs is 1. The average Bonchev–Trinajstić information content (AvgIpc) is 2.45. The van der Waals surface area contributed by atoms with E-state index in [0.717, 1.165) is 11.8 Å². The maximum absolute atomic E-state index is 12.5. The molecule has 1 unspecified atom stereocenters. The summed E-state index contributed by atoms with van der Waals surface area (Å²) >= 11 is 0. The van der Waals surface area contributed by atoms with Crippen LogP contribution in [0.25, 0.3) is 10.8 Å². The van der Waals surface area contributed by atoms with Crippen LogP contribution >= 0.6 is 0 Å². The second-order valence-corrected chi connectivity index (χ2v) is 5.93. The number of pyridine rings is 1. The first-order chi connectivity index (χ1) is 9.96. The van der Waals surface area contributed by atoms with Crippen molar-refractivity contribution in [3.63, 3.8) is 0 Å². The Hall–Kier alpha value is -2.14. The molecule has 3 rings (SSSR count). The van der Waals surface area contributed by atoms with Crippen LogP contribution in [0.4, 0.5) is 0 Å². The summed E-state index contributed by atoms with van der Waals surface area (Å²) < 4.78 is 0. The second kappa shape index (κ2) is 5.00. The minimum atomic E-state index is -0.856. The number of benzene rings is 1. The molecule has 2 heterocycles. The first-order valence-corrected chi connectivity index (χ1v) is 7.10. The van der Waals surface area contributed by atoms with Gasteiger partial charge in [-0.15, -0.1) is 0 Å². The smallest absolute Gasteiger partial charge is 0.270 e. The van der Waals surface area contributed by atoms with Crippen LogP contribution in [-0.4, -0.2) is 39.6 Å². The normalized spacial score (nSPS) is 22.5. The average molecular weight is 286 g/mol. The Labute approximate surface area is 122 Å². The van der Waals surface area contributed by atoms with E-state index in [-0.39, 0.29) is 17.2 Å². The van der Waals surface area contributed by atoms with Crippen LogP contribution in [0, 0.1) is 0 Å². The molecule has 1 fully saturated rings. The number of piperidine rings is 1. The maximum atomic E-state index is 12.5. The second-order valence-electron chi connectivity index (χ2n) is 5.93. The number of hydrogen-bond donors (Lipinski definition) is 2. The Morgan fingerprint density at radius 1 is 1.38 bits per heavy atom. The molecule has 1 aromatic heterocycles. The number of aromatic amines is 1. The minimum absolute atomic E-state index is 0.238. The van der Waals surface area contributed by atoms with Gasteiger partial charge in [0.1, 0.15) is 5.69 Å². The van der Waals surface area contributed by atoms with E-state index in [1.54, 1.807) is 30.0 Å². The topological polar surface area (TPSA) is 73.4 Å². The molecule has 1 aliphatic heterocycles. The predicted molar refractivity (Wildman–Crippen MR) is 80.3 cm³/mol. The van der Waals surface area contributed by atoms with E-state index in [2.05, 4.69) is 4.98 Å². The van der Waals surface area contributed by atoms with Crippen molar-refractivity contribution in [1.82, 2.24) is 9.88 Å². The number of rotatable bonds is 1. The fraction of sp³-hybridized carbons (Fsp3) is 0.375.